The van der Waals surface area contributed by atoms with Crippen molar-refractivity contribution >= 4 is 29.9 Å². The van der Waals surface area contributed by atoms with Crippen LogP contribution in [0.15, 0.2) is 4.99 Å². The van der Waals surface area contributed by atoms with E-state index in [0.717, 1.165) is 63.1 Å². The van der Waals surface area contributed by atoms with Crippen molar-refractivity contribution in [2.24, 2.45) is 10.9 Å². The first-order valence-electron chi connectivity index (χ1n) is 10.1. The van der Waals surface area contributed by atoms with E-state index in [1.165, 1.54) is 37.9 Å². The first-order valence-corrected chi connectivity index (χ1v) is 10.1. The summed E-state index contributed by atoms with van der Waals surface area (Å²) in [6.45, 7) is 10.4. The van der Waals surface area contributed by atoms with Crippen LogP contribution in [0, 0.1) is 5.92 Å². The van der Waals surface area contributed by atoms with Gasteiger partial charge in [0.15, 0.2) is 5.96 Å². The van der Waals surface area contributed by atoms with Gasteiger partial charge in [-0.25, -0.2) is 0 Å². The van der Waals surface area contributed by atoms with Crippen molar-refractivity contribution in [1.29, 1.82) is 0 Å². The summed E-state index contributed by atoms with van der Waals surface area (Å²) < 4.78 is 2.32. The monoisotopic (exact) mass is 476 g/mol. The zero-order chi connectivity index (χ0) is 17.9. The number of unbranched alkanes of at least 4 members (excludes halogenated alkanes) is 1. The van der Waals surface area contributed by atoms with Gasteiger partial charge in [0.2, 0.25) is 0 Å². The van der Waals surface area contributed by atoms with Gasteiger partial charge in [-0.05, 0) is 32.1 Å². The van der Waals surface area contributed by atoms with Gasteiger partial charge in [0.25, 0.3) is 0 Å². The number of aryl methyl sites for hydroxylation is 1. The molecule has 2 rings (SSSR count). The molecule has 0 amide bonds. The molecular weight excluding hydrogens is 439 g/mol. The van der Waals surface area contributed by atoms with Crippen molar-refractivity contribution in [2.45, 2.75) is 78.7 Å². The van der Waals surface area contributed by atoms with Crippen LogP contribution < -0.4 is 10.6 Å². The predicted octanol–water partition coefficient (Wildman–Crippen LogP) is 3.55. The fraction of sp³-hybridized carbons (Fsp3) is 0.842. The Labute approximate surface area is 176 Å². The number of rotatable bonds is 9. The molecule has 0 aliphatic carbocycles. The molecule has 0 saturated carbocycles. The Kier molecular flexibility index (Phi) is 11.9. The van der Waals surface area contributed by atoms with E-state index >= 15 is 0 Å². The average Bonchev–Trinajstić information content (AvgIpc) is 2.81. The van der Waals surface area contributed by atoms with Gasteiger partial charge in [-0.15, -0.1) is 34.2 Å². The molecule has 0 unspecified atom stereocenters. The Hall–Kier alpha value is -0.860. The summed E-state index contributed by atoms with van der Waals surface area (Å²) in [6.07, 6.45) is 9.45. The number of fused-ring (bicyclic) bond motifs is 1. The Balaban J connectivity index is 0.00000338. The summed E-state index contributed by atoms with van der Waals surface area (Å²) >= 11 is 0. The smallest absolute Gasteiger partial charge is 0.191 e. The molecule has 1 aromatic heterocycles. The van der Waals surface area contributed by atoms with Crippen LogP contribution in [0.25, 0.3) is 0 Å². The standard InChI is InChI=1S/C19H36N6.HI/c1-4-20-19(21-13-8-7-10-16(2)3)22-14-12-18-24-23-17-11-6-5-9-15-25(17)18;/h16H,4-15H2,1-3H3,(H2,20,21,22);1H. The van der Waals surface area contributed by atoms with Crippen molar-refractivity contribution in [2.75, 3.05) is 19.6 Å². The SMILES string of the molecule is CCNC(=NCCCCC(C)C)NCCc1nnc2n1CCCCC2.I. The highest BCUT2D eigenvalue weighted by Gasteiger charge is 2.14. The number of aromatic nitrogens is 3. The number of hydrogen-bond acceptors (Lipinski definition) is 3. The zero-order valence-corrected chi connectivity index (χ0v) is 19.1. The lowest BCUT2D eigenvalue weighted by Gasteiger charge is -2.12. The van der Waals surface area contributed by atoms with Gasteiger partial charge in [-0.3, -0.25) is 4.99 Å². The molecule has 0 saturated heterocycles. The van der Waals surface area contributed by atoms with Gasteiger partial charge in [0.05, 0.1) is 0 Å². The summed E-state index contributed by atoms with van der Waals surface area (Å²) in [5, 5.41) is 15.5. The molecule has 2 N–H and O–H groups in total. The molecule has 150 valence electrons. The largest absolute Gasteiger partial charge is 0.357 e. The Morgan fingerprint density at radius 2 is 2.00 bits per heavy atom. The fourth-order valence-corrected chi connectivity index (χ4v) is 3.22. The quantitative estimate of drug-likeness (QED) is 0.248. The fourth-order valence-electron chi connectivity index (χ4n) is 3.22. The van der Waals surface area contributed by atoms with Crippen LogP contribution in [-0.2, 0) is 19.4 Å². The third kappa shape index (κ3) is 8.22. The van der Waals surface area contributed by atoms with Crippen molar-refractivity contribution in [3.05, 3.63) is 11.6 Å². The van der Waals surface area contributed by atoms with Crippen LogP contribution in [0.5, 0.6) is 0 Å². The van der Waals surface area contributed by atoms with Crippen LogP contribution in [0.3, 0.4) is 0 Å². The maximum absolute atomic E-state index is 4.68. The molecule has 7 heteroatoms. The number of nitrogens with zero attached hydrogens (tertiary/aromatic N) is 4. The first-order chi connectivity index (χ1) is 12.2. The topological polar surface area (TPSA) is 67.1 Å². The normalized spacial score (nSPS) is 14.5. The van der Waals surface area contributed by atoms with E-state index in [9.17, 15) is 0 Å². The van der Waals surface area contributed by atoms with Gasteiger partial charge < -0.3 is 15.2 Å². The van der Waals surface area contributed by atoms with Crippen LogP contribution >= 0.6 is 24.0 Å². The van der Waals surface area contributed by atoms with Crippen LogP contribution in [0.2, 0.25) is 0 Å². The molecule has 0 bridgehead atoms. The summed E-state index contributed by atoms with van der Waals surface area (Å²) in [5.41, 5.74) is 0. The summed E-state index contributed by atoms with van der Waals surface area (Å²) in [6, 6.07) is 0. The molecule has 1 aliphatic rings. The van der Waals surface area contributed by atoms with E-state index in [0.29, 0.717) is 0 Å². The van der Waals surface area contributed by atoms with E-state index < -0.39 is 0 Å². The minimum atomic E-state index is 0. The molecule has 1 aliphatic heterocycles. The number of guanidine groups is 1. The van der Waals surface area contributed by atoms with E-state index in [4.69, 9.17) is 0 Å². The van der Waals surface area contributed by atoms with Gasteiger partial charge in [0, 0.05) is 39.0 Å². The molecule has 0 radical (unpaired) electrons. The minimum Gasteiger partial charge on any atom is -0.357 e. The maximum Gasteiger partial charge on any atom is 0.191 e. The summed E-state index contributed by atoms with van der Waals surface area (Å²) in [7, 11) is 0. The highest BCUT2D eigenvalue weighted by Crippen LogP contribution is 2.14. The summed E-state index contributed by atoms with van der Waals surface area (Å²) in [4.78, 5) is 4.68. The Morgan fingerprint density at radius 1 is 1.15 bits per heavy atom. The van der Waals surface area contributed by atoms with Crippen LogP contribution in [-0.4, -0.2) is 40.4 Å². The van der Waals surface area contributed by atoms with Crippen LogP contribution in [0.1, 0.15) is 70.9 Å². The first kappa shape index (κ1) is 23.2. The molecule has 0 spiro atoms. The van der Waals surface area contributed by atoms with E-state index in [1.807, 2.05) is 0 Å². The Bertz CT molecular complexity index is 526. The van der Waals surface area contributed by atoms with Crippen molar-refractivity contribution < 1.29 is 0 Å². The van der Waals surface area contributed by atoms with E-state index in [2.05, 4.69) is 51.2 Å². The lowest BCUT2D eigenvalue weighted by Crippen LogP contribution is -2.38. The van der Waals surface area contributed by atoms with E-state index in [1.54, 1.807) is 0 Å². The summed E-state index contributed by atoms with van der Waals surface area (Å²) in [5.74, 6) is 3.98. The van der Waals surface area contributed by atoms with Gasteiger partial charge in [-0.1, -0.05) is 33.1 Å². The molecule has 0 atom stereocenters. The number of halogens is 1. The molecule has 0 aromatic carbocycles. The van der Waals surface area contributed by atoms with Crippen molar-refractivity contribution in [3.8, 4) is 0 Å². The van der Waals surface area contributed by atoms with Crippen molar-refractivity contribution in [3.63, 3.8) is 0 Å². The molecule has 2 heterocycles. The molecule has 1 aromatic rings. The van der Waals surface area contributed by atoms with Gasteiger partial charge in [0.1, 0.15) is 11.6 Å². The van der Waals surface area contributed by atoms with Gasteiger partial charge in [-0.2, -0.15) is 0 Å². The van der Waals surface area contributed by atoms with Crippen molar-refractivity contribution in [1.82, 2.24) is 25.4 Å². The third-order valence-electron chi connectivity index (χ3n) is 4.63. The molecule has 26 heavy (non-hydrogen) atoms. The average molecular weight is 476 g/mol. The molecule has 0 fully saturated rings. The molecule has 6 nitrogen and oxygen atoms in total. The zero-order valence-electron chi connectivity index (χ0n) is 16.8. The number of hydrogen-bond donors (Lipinski definition) is 2. The number of aliphatic imine (C=N–C) groups is 1. The predicted molar refractivity (Wildman–Crippen MR) is 119 cm³/mol. The van der Waals surface area contributed by atoms with Crippen LogP contribution in [0.4, 0.5) is 0 Å². The number of nitrogens with one attached hydrogen (secondary N) is 2. The van der Waals surface area contributed by atoms with E-state index in [-0.39, 0.29) is 24.0 Å². The highest BCUT2D eigenvalue weighted by molar-refractivity contribution is 14.0. The minimum absolute atomic E-state index is 0. The molecular formula is C19H37IN6. The lowest BCUT2D eigenvalue weighted by molar-refractivity contribution is 0.541. The lowest BCUT2D eigenvalue weighted by atomic mass is 10.1. The second-order valence-electron chi connectivity index (χ2n) is 7.32. The highest BCUT2D eigenvalue weighted by atomic mass is 127. The third-order valence-corrected chi connectivity index (χ3v) is 4.63. The second-order valence-corrected chi connectivity index (χ2v) is 7.32. The second kappa shape index (κ2) is 13.3. The maximum atomic E-state index is 4.68. The van der Waals surface area contributed by atoms with Gasteiger partial charge >= 0.3 is 0 Å². The Morgan fingerprint density at radius 3 is 2.77 bits per heavy atom.